The van der Waals surface area contributed by atoms with E-state index in [9.17, 15) is 0 Å². The molecule has 0 fully saturated rings. The van der Waals surface area contributed by atoms with Gasteiger partial charge in [0.05, 0.1) is 12.5 Å². The molecule has 0 spiro atoms. The van der Waals surface area contributed by atoms with Crippen molar-refractivity contribution in [3.8, 4) is 11.4 Å². The maximum absolute atomic E-state index is 6.03. The van der Waals surface area contributed by atoms with Crippen molar-refractivity contribution in [2.45, 2.75) is 6.92 Å². The summed E-state index contributed by atoms with van der Waals surface area (Å²) in [5.41, 5.74) is 1.75. The van der Waals surface area contributed by atoms with Gasteiger partial charge in [0.1, 0.15) is 5.76 Å². The van der Waals surface area contributed by atoms with E-state index in [1.165, 1.54) is 0 Å². The lowest BCUT2D eigenvalue weighted by molar-refractivity contribution is 0.557. The van der Waals surface area contributed by atoms with E-state index < -0.39 is 0 Å². The molecular weight excluding hydrogens is 332 g/mol. The average Bonchev–Trinajstić information content (AvgIpc) is 3.15. The Morgan fingerprint density at radius 2 is 2.26 bits per heavy atom. The number of aromatic nitrogens is 3. The molecule has 0 aliphatic carbocycles. The minimum Gasteiger partial charge on any atom is -0.465 e. The number of nitrogens with one attached hydrogen (secondary N) is 1. The van der Waals surface area contributed by atoms with E-state index in [0.717, 1.165) is 16.9 Å². The van der Waals surface area contributed by atoms with Gasteiger partial charge < -0.3 is 4.42 Å². The lowest BCUT2D eigenvalue weighted by Crippen LogP contribution is -1.94. The van der Waals surface area contributed by atoms with Gasteiger partial charge in [-0.3, -0.25) is 0 Å². The van der Waals surface area contributed by atoms with E-state index in [-0.39, 0.29) is 0 Å². The van der Waals surface area contributed by atoms with Crippen LogP contribution in [0.4, 0.5) is 0 Å². The Kier molecular flexibility index (Phi) is 4.55. The molecule has 0 bridgehead atoms. The Morgan fingerprint density at radius 3 is 3.00 bits per heavy atom. The Labute approximate surface area is 142 Å². The number of benzene rings is 1. The molecule has 1 N–H and O–H groups in total. The number of halogens is 1. The van der Waals surface area contributed by atoms with Crippen molar-refractivity contribution in [3.63, 3.8) is 0 Å². The van der Waals surface area contributed by atoms with Crippen LogP contribution in [0, 0.1) is 4.77 Å². The van der Waals surface area contributed by atoms with E-state index in [2.05, 4.69) is 15.3 Å². The van der Waals surface area contributed by atoms with Gasteiger partial charge in [-0.05, 0) is 55.1 Å². The molecule has 0 amide bonds. The highest BCUT2D eigenvalue weighted by Gasteiger charge is 2.08. The van der Waals surface area contributed by atoms with Crippen LogP contribution >= 0.6 is 23.8 Å². The maximum Gasteiger partial charge on any atom is 0.216 e. The number of allylic oxidation sites excluding steroid dienone is 1. The fourth-order valence-electron chi connectivity index (χ4n) is 2.00. The summed E-state index contributed by atoms with van der Waals surface area (Å²) in [6, 6.07) is 11.1. The van der Waals surface area contributed by atoms with Crippen LogP contribution in [0.1, 0.15) is 12.7 Å². The monoisotopic (exact) mass is 344 g/mol. The molecule has 1 aromatic carbocycles. The van der Waals surface area contributed by atoms with Gasteiger partial charge in [-0.2, -0.15) is 14.9 Å². The average molecular weight is 345 g/mol. The predicted octanol–water partition coefficient (Wildman–Crippen LogP) is 4.79. The second-order valence-corrected chi connectivity index (χ2v) is 5.65. The molecule has 3 rings (SSSR count). The number of aromatic amines is 1. The lowest BCUT2D eigenvalue weighted by atomic mass is 10.2. The first-order chi connectivity index (χ1) is 11.1. The van der Waals surface area contributed by atoms with Gasteiger partial charge in [0.2, 0.25) is 4.77 Å². The summed E-state index contributed by atoms with van der Waals surface area (Å²) < 4.78 is 7.23. The predicted molar refractivity (Wildman–Crippen MR) is 94.1 cm³/mol. The summed E-state index contributed by atoms with van der Waals surface area (Å²) in [5, 5.41) is 12.0. The molecule has 0 aliphatic heterocycles. The molecule has 116 valence electrons. The zero-order chi connectivity index (χ0) is 16.2. The van der Waals surface area contributed by atoms with Crippen molar-refractivity contribution < 1.29 is 4.42 Å². The first-order valence-electron chi connectivity index (χ1n) is 6.83. The van der Waals surface area contributed by atoms with Crippen LogP contribution in [-0.4, -0.2) is 21.1 Å². The Balaban J connectivity index is 1.93. The molecule has 7 heteroatoms. The molecule has 0 saturated carbocycles. The fourth-order valence-corrected chi connectivity index (χ4v) is 2.37. The number of hydrogen-bond acceptors (Lipinski definition) is 4. The van der Waals surface area contributed by atoms with Crippen LogP contribution in [0.15, 0.2) is 57.8 Å². The quantitative estimate of drug-likeness (QED) is 0.546. The SMILES string of the molecule is CC(C=Nn1c(-c2cccc(Cl)c2)n[nH]c1=S)=Cc1ccco1. The second-order valence-electron chi connectivity index (χ2n) is 4.82. The highest BCUT2D eigenvalue weighted by Crippen LogP contribution is 2.21. The van der Waals surface area contributed by atoms with Crippen molar-refractivity contribution in [1.82, 2.24) is 14.9 Å². The third kappa shape index (κ3) is 3.67. The normalized spacial score (nSPS) is 12.2. The molecule has 0 radical (unpaired) electrons. The number of furan rings is 1. The Bertz CT molecular complexity index is 922. The Hall–Kier alpha value is -2.44. The van der Waals surface area contributed by atoms with Crippen molar-refractivity contribution >= 4 is 36.1 Å². The number of H-pyrrole nitrogens is 1. The molecule has 23 heavy (non-hydrogen) atoms. The summed E-state index contributed by atoms with van der Waals surface area (Å²) in [6.07, 6.45) is 5.20. The minimum atomic E-state index is 0.405. The molecule has 2 heterocycles. The highest BCUT2D eigenvalue weighted by atomic mass is 35.5. The van der Waals surface area contributed by atoms with Gasteiger partial charge in [0.15, 0.2) is 5.82 Å². The zero-order valence-electron chi connectivity index (χ0n) is 12.2. The third-order valence-electron chi connectivity index (χ3n) is 3.02. The number of nitrogens with zero attached hydrogens (tertiary/aromatic N) is 3. The Morgan fingerprint density at radius 1 is 1.39 bits per heavy atom. The van der Waals surface area contributed by atoms with Gasteiger partial charge in [-0.1, -0.05) is 23.7 Å². The second kappa shape index (κ2) is 6.76. The van der Waals surface area contributed by atoms with E-state index in [1.54, 1.807) is 23.2 Å². The number of rotatable bonds is 4. The van der Waals surface area contributed by atoms with Crippen molar-refractivity contribution in [1.29, 1.82) is 0 Å². The first kappa shape index (κ1) is 15.5. The summed E-state index contributed by atoms with van der Waals surface area (Å²) >= 11 is 11.3. The van der Waals surface area contributed by atoms with E-state index in [0.29, 0.717) is 15.6 Å². The lowest BCUT2D eigenvalue weighted by Gasteiger charge is -2.01. The largest absolute Gasteiger partial charge is 0.465 e. The third-order valence-corrected chi connectivity index (χ3v) is 3.52. The zero-order valence-corrected chi connectivity index (χ0v) is 13.8. The molecule has 2 aromatic heterocycles. The summed E-state index contributed by atoms with van der Waals surface area (Å²) in [7, 11) is 0. The molecule has 0 unspecified atom stereocenters. The molecular formula is C16H13ClN4OS. The van der Waals surface area contributed by atoms with Crippen molar-refractivity contribution in [3.05, 3.63) is 63.8 Å². The fraction of sp³-hybridized carbons (Fsp3) is 0.0625. The van der Waals surface area contributed by atoms with Gasteiger partial charge in [-0.15, -0.1) is 0 Å². The minimum absolute atomic E-state index is 0.405. The van der Waals surface area contributed by atoms with Crippen LogP contribution in [0.3, 0.4) is 0 Å². The van der Waals surface area contributed by atoms with Crippen LogP contribution in [0.2, 0.25) is 5.02 Å². The standard InChI is InChI=1S/C16H13ClN4OS/c1-11(8-14-6-3-7-22-14)10-18-21-15(19-20-16(21)23)12-4-2-5-13(17)9-12/h2-10H,1H3,(H,20,23). The molecule has 0 aliphatic rings. The summed E-state index contributed by atoms with van der Waals surface area (Å²) in [6.45, 7) is 1.93. The number of hydrogen-bond donors (Lipinski definition) is 1. The van der Waals surface area contributed by atoms with Gasteiger partial charge in [0.25, 0.3) is 0 Å². The van der Waals surface area contributed by atoms with Gasteiger partial charge in [0, 0.05) is 10.6 Å². The molecule has 0 atom stereocenters. The molecule has 0 saturated heterocycles. The van der Waals surface area contributed by atoms with Crippen LogP contribution < -0.4 is 0 Å². The highest BCUT2D eigenvalue weighted by molar-refractivity contribution is 7.71. The first-order valence-corrected chi connectivity index (χ1v) is 7.61. The van der Waals surface area contributed by atoms with E-state index >= 15 is 0 Å². The molecule has 3 aromatic rings. The van der Waals surface area contributed by atoms with Crippen molar-refractivity contribution in [2.75, 3.05) is 0 Å². The maximum atomic E-state index is 6.03. The summed E-state index contributed by atoms with van der Waals surface area (Å²) in [5.74, 6) is 1.36. The van der Waals surface area contributed by atoms with Gasteiger partial charge >= 0.3 is 0 Å². The van der Waals surface area contributed by atoms with Gasteiger partial charge in [-0.25, -0.2) is 5.10 Å². The van der Waals surface area contributed by atoms with E-state index in [4.69, 9.17) is 28.2 Å². The molecule has 5 nitrogen and oxygen atoms in total. The van der Waals surface area contributed by atoms with Crippen LogP contribution in [-0.2, 0) is 0 Å². The van der Waals surface area contributed by atoms with E-state index in [1.807, 2.05) is 43.3 Å². The smallest absolute Gasteiger partial charge is 0.216 e. The topological polar surface area (TPSA) is 59.1 Å². The van der Waals surface area contributed by atoms with Crippen LogP contribution in [0.5, 0.6) is 0 Å². The van der Waals surface area contributed by atoms with Crippen molar-refractivity contribution in [2.24, 2.45) is 5.10 Å². The summed E-state index contributed by atoms with van der Waals surface area (Å²) in [4.78, 5) is 0. The van der Waals surface area contributed by atoms with Crippen LogP contribution in [0.25, 0.3) is 17.5 Å².